The molecule has 0 aromatic heterocycles. The van der Waals surface area contributed by atoms with Crippen molar-refractivity contribution >= 4 is 0 Å². The minimum Gasteiger partial charge on any atom is -0.491 e. The van der Waals surface area contributed by atoms with Crippen LogP contribution in [0.1, 0.15) is 32.3 Å². The van der Waals surface area contributed by atoms with Gasteiger partial charge in [0.05, 0.1) is 6.61 Å². The fourth-order valence-electron chi connectivity index (χ4n) is 2.29. The molecule has 1 fully saturated rings. The molecule has 2 rings (SSSR count). The molecule has 4 heteroatoms. The molecule has 1 aliphatic carbocycles. The highest BCUT2D eigenvalue weighted by Crippen LogP contribution is 2.51. The standard InChI is InChI=1S/C13H17F2NO/c1-3-17-10-5-4-9(11(14)12(10)15)13(6-7-13)8(2)16/h4-5,8H,3,6-7,16H2,1-2H3. The highest BCUT2D eigenvalue weighted by molar-refractivity contribution is 5.40. The van der Waals surface area contributed by atoms with Gasteiger partial charge in [0.1, 0.15) is 0 Å². The van der Waals surface area contributed by atoms with Crippen molar-refractivity contribution in [2.75, 3.05) is 6.61 Å². The Morgan fingerprint density at radius 3 is 2.47 bits per heavy atom. The van der Waals surface area contributed by atoms with Crippen LogP contribution in [0.5, 0.6) is 5.75 Å². The van der Waals surface area contributed by atoms with E-state index in [1.807, 2.05) is 6.92 Å². The molecule has 17 heavy (non-hydrogen) atoms. The smallest absolute Gasteiger partial charge is 0.200 e. The number of halogens is 2. The van der Waals surface area contributed by atoms with Gasteiger partial charge in [0, 0.05) is 11.5 Å². The molecule has 0 spiro atoms. The molecule has 0 bridgehead atoms. The van der Waals surface area contributed by atoms with Crippen molar-refractivity contribution in [3.8, 4) is 5.75 Å². The Labute approximate surface area is 99.8 Å². The van der Waals surface area contributed by atoms with E-state index in [0.29, 0.717) is 12.2 Å². The maximum Gasteiger partial charge on any atom is 0.200 e. The highest BCUT2D eigenvalue weighted by Gasteiger charge is 2.49. The fraction of sp³-hybridized carbons (Fsp3) is 0.538. The van der Waals surface area contributed by atoms with Crippen molar-refractivity contribution in [1.82, 2.24) is 0 Å². The number of hydrogen-bond donors (Lipinski definition) is 1. The van der Waals surface area contributed by atoms with Crippen molar-refractivity contribution < 1.29 is 13.5 Å². The summed E-state index contributed by atoms with van der Waals surface area (Å²) in [5.41, 5.74) is 5.86. The minimum atomic E-state index is -0.906. The predicted molar refractivity (Wildman–Crippen MR) is 62.1 cm³/mol. The first-order valence-electron chi connectivity index (χ1n) is 5.90. The third-order valence-electron chi connectivity index (χ3n) is 3.54. The molecule has 0 radical (unpaired) electrons. The zero-order valence-corrected chi connectivity index (χ0v) is 10.1. The molecule has 2 N–H and O–H groups in total. The summed E-state index contributed by atoms with van der Waals surface area (Å²) >= 11 is 0. The molecule has 1 aromatic rings. The molecule has 94 valence electrons. The molecule has 1 saturated carbocycles. The van der Waals surface area contributed by atoms with Crippen LogP contribution >= 0.6 is 0 Å². The first kappa shape index (κ1) is 12.3. The van der Waals surface area contributed by atoms with Crippen molar-refractivity contribution in [3.63, 3.8) is 0 Å². The van der Waals surface area contributed by atoms with Gasteiger partial charge in [-0.05, 0) is 38.3 Å². The topological polar surface area (TPSA) is 35.2 Å². The lowest BCUT2D eigenvalue weighted by atomic mass is 9.89. The summed E-state index contributed by atoms with van der Waals surface area (Å²) in [6, 6.07) is 2.91. The molecule has 0 amide bonds. The van der Waals surface area contributed by atoms with Crippen molar-refractivity contribution in [2.24, 2.45) is 5.73 Å². The summed E-state index contributed by atoms with van der Waals surface area (Å²) in [5.74, 6) is -1.75. The summed E-state index contributed by atoms with van der Waals surface area (Å²) in [4.78, 5) is 0. The van der Waals surface area contributed by atoms with Crippen LogP contribution in [0.4, 0.5) is 8.78 Å². The van der Waals surface area contributed by atoms with Crippen molar-refractivity contribution in [2.45, 2.75) is 38.1 Å². The van der Waals surface area contributed by atoms with Crippen LogP contribution < -0.4 is 10.5 Å². The molecule has 0 saturated heterocycles. The van der Waals surface area contributed by atoms with Gasteiger partial charge in [-0.2, -0.15) is 4.39 Å². The Morgan fingerprint density at radius 2 is 2.00 bits per heavy atom. The maximum absolute atomic E-state index is 14.0. The maximum atomic E-state index is 14.0. The van der Waals surface area contributed by atoms with Gasteiger partial charge in [-0.25, -0.2) is 4.39 Å². The normalized spacial score (nSPS) is 18.9. The van der Waals surface area contributed by atoms with E-state index in [1.165, 1.54) is 6.07 Å². The molecule has 1 atom stereocenters. The number of hydrogen-bond acceptors (Lipinski definition) is 2. The molecule has 1 aromatic carbocycles. The van der Waals surface area contributed by atoms with E-state index in [4.69, 9.17) is 10.5 Å². The minimum absolute atomic E-state index is 0.0331. The SMILES string of the molecule is CCOc1ccc(C2(C(C)N)CC2)c(F)c1F. The van der Waals surface area contributed by atoms with Gasteiger partial charge in [-0.1, -0.05) is 6.07 Å². The Morgan fingerprint density at radius 1 is 1.35 bits per heavy atom. The lowest BCUT2D eigenvalue weighted by Gasteiger charge is -2.21. The second kappa shape index (κ2) is 4.26. The van der Waals surface area contributed by atoms with Crippen LogP contribution in [0.15, 0.2) is 12.1 Å². The number of benzene rings is 1. The lowest BCUT2D eigenvalue weighted by Crippen LogP contribution is -2.32. The summed E-state index contributed by atoms with van der Waals surface area (Å²) < 4.78 is 32.7. The second-order valence-electron chi connectivity index (χ2n) is 4.62. The largest absolute Gasteiger partial charge is 0.491 e. The first-order valence-corrected chi connectivity index (χ1v) is 5.90. The number of rotatable bonds is 4. The van der Waals surface area contributed by atoms with E-state index in [9.17, 15) is 8.78 Å². The van der Waals surface area contributed by atoms with E-state index < -0.39 is 11.6 Å². The van der Waals surface area contributed by atoms with Crippen LogP contribution in [-0.4, -0.2) is 12.6 Å². The van der Waals surface area contributed by atoms with Gasteiger partial charge in [0.25, 0.3) is 0 Å². The average Bonchev–Trinajstić information content (AvgIpc) is 3.06. The van der Waals surface area contributed by atoms with E-state index in [0.717, 1.165) is 12.8 Å². The van der Waals surface area contributed by atoms with Gasteiger partial charge in [-0.3, -0.25) is 0 Å². The van der Waals surface area contributed by atoms with Gasteiger partial charge in [0.2, 0.25) is 5.82 Å². The van der Waals surface area contributed by atoms with Gasteiger partial charge < -0.3 is 10.5 Å². The number of nitrogens with two attached hydrogens (primary N) is 1. The zero-order chi connectivity index (χ0) is 12.6. The molecule has 0 aliphatic heterocycles. The highest BCUT2D eigenvalue weighted by atomic mass is 19.2. The predicted octanol–water partition coefficient (Wildman–Crippen LogP) is 2.74. The summed E-state index contributed by atoms with van der Waals surface area (Å²) in [6.07, 6.45) is 1.63. The third-order valence-corrected chi connectivity index (χ3v) is 3.54. The van der Waals surface area contributed by atoms with Crippen LogP contribution in [-0.2, 0) is 5.41 Å². The van der Waals surface area contributed by atoms with E-state index in [-0.39, 0.29) is 17.2 Å². The van der Waals surface area contributed by atoms with Crippen LogP contribution in [0.3, 0.4) is 0 Å². The first-order chi connectivity index (χ1) is 8.03. The van der Waals surface area contributed by atoms with E-state index >= 15 is 0 Å². The number of ether oxygens (including phenoxy) is 1. The van der Waals surface area contributed by atoms with Crippen LogP contribution in [0.25, 0.3) is 0 Å². The van der Waals surface area contributed by atoms with Gasteiger partial charge in [-0.15, -0.1) is 0 Å². The fourth-order valence-corrected chi connectivity index (χ4v) is 2.29. The van der Waals surface area contributed by atoms with Gasteiger partial charge >= 0.3 is 0 Å². The quantitative estimate of drug-likeness (QED) is 0.879. The molecular formula is C13H17F2NO. The zero-order valence-electron chi connectivity index (χ0n) is 10.1. The Hall–Kier alpha value is -1.16. The Kier molecular flexibility index (Phi) is 3.08. The monoisotopic (exact) mass is 241 g/mol. The van der Waals surface area contributed by atoms with E-state index in [1.54, 1.807) is 13.0 Å². The summed E-state index contributed by atoms with van der Waals surface area (Å²) in [7, 11) is 0. The Bertz CT molecular complexity index is 428. The van der Waals surface area contributed by atoms with Crippen LogP contribution in [0.2, 0.25) is 0 Å². The molecule has 1 aliphatic rings. The van der Waals surface area contributed by atoms with Gasteiger partial charge in [0.15, 0.2) is 11.6 Å². The van der Waals surface area contributed by atoms with Crippen molar-refractivity contribution in [1.29, 1.82) is 0 Å². The average molecular weight is 241 g/mol. The molecule has 2 nitrogen and oxygen atoms in total. The van der Waals surface area contributed by atoms with Crippen molar-refractivity contribution in [3.05, 3.63) is 29.3 Å². The summed E-state index contributed by atoms with van der Waals surface area (Å²) in [5, 5.41) is 0. The Balaban J connectivity index is 2.41. The lowest BCUT2D eigenvalue weighted by molar-refractivity contribution is 0.312. The second-order valence-corrected chi connectivity index (χ2v) is 4.62. The molecule has 1 unspecified atom stereocenters. The van der Waals surface area contributed by atoms with E-state index in [2.05, 4.69) is 0 Å². The molecular weight excluding hydrogens is 224 g/mol. The summed E-state index contributed by atoms with van der Waals surface area (Å²) in [6.45, 7) is 3.88. The third kappa shape index (κ3) is 1.90. The molecule has 0 heterocycles. The van der Waals surface area contributed by atoms with Crippen LogP contribution in [0, 0.1) is 11.6 Å².